The Kier molecular flexibility index (Phi) is 8.82. The number of benzene rings is 2. The molecule has 5 nitrogen and oxygen atoms in total. The van der Waals surface area contributed by atoms with Gasteiger partial charge in [0.2, 0.25) is 11.8 Å². The number of halogens is 1. The predicted octanol–water partition coefficient (Wildman–Crippen LogP) is 2.89. The van der Waals surface area contributed by atoms with Crippen molar-refractivity contribution in [3.05, 3.63) is 65.7 Å². The SMILES string of the molecule is CC(C)C(=O)Nc1ccc(CNC(=O)[C@@H](N)Cc2ccccc2)cc1.Cl. The van der Waals surface area contributed by atoms with Gasteiger partial charge in [-0.25, -0.2) is 0 Å². The van der Waals surface area contributed by atoms with Gasteiger partial charge in [-0.1, -0.05) is 56.3 Å². The van der Waals surface area contributed by atoms with Crippen molar-refractivity contribution in [2.75, 3.05) is 5.32 Å². The number of nitrogens with two attached hydrogens (primary N) is 1. The van der Waals surface area contributed by atoms with Gasteiger partial charge < -0.3 is 16.4 Å². The third kappa shape index (κ3) is 6.86. The number of rotatable bonds is 7. The molecule has 0 saturated carbocycles. The largest absolute Gasteiger partial charge is 0.351 e. The van der Waals surface area contributed by atoms with E-state index >= 15 is 0 Å². The van der Waals surface area contributed by atoms with Crippen molar-refractivity contribution in [2.24, 2.45) is 11.7 Å². The Morgan fingerprint density at radius 1 is 0.923 bits per heavy atom. The van der Waals surface area contributed by atoms with Crippen LogP contribution in [0.4, 0.5) is 5.69 Å². The fourth-order valence-electron chi connectivity index (χ4n) is 2.27. The molecule has 0 spiro atoms. The third-order valence-electron chi connectivity index (χ3n) is 3.85. The second-order valence-electron chi connectivity index (χ2n) is 6.35. The van der Waals surface area contributed by atoms with Gasteiger partial charge in [0.25, 0.3) is 0 Å². The highest BCUT2D eigenvalue weighted by atomic mass is 35.5. The highest BCUT2D eigenvalue weighted by molar-refractivity contribution is 5.92. The maximum Gasteiger partial charge on any atom is 0.237 e. The zero-order chi connectivity index (χ0) is 18.2. The predicted molar refractivity (Wildman–Crippen MR) is 107 cm³/mol. The molecule has 2 rings (SSSR count). The van der Waals surface area contributed by atoms with E-state index in [2.05, 4.69) is 10.6 Å². The Balaban J connectivity index is 0.00000338. The average molecular weight is 376 g/mol. The smallest absolute Gasteiger partial charge is 0.237 e. The van der Waals surface area contributed by atoms with E-state index in [1.54, 1.807) is 0 Å². The minimum Gasteiger partial charge on any atom is -0.351 e. The van der Waals surface area contributed by atoms with Gasteiger partial charge in [-0.15, -0.1) is 12.4 Å². The van der Waals surface area contributed by atoms with E-state index < -0.39 is 6.04 Å². The van der Waals surface area contributed by atoms with E-state index in [1.807, 2.05) is 68.4 Å². The lowest BCUT2D eigenvalue weighted by Gasteiger charge is -2.13. The normalized spacial score (nSPS) is 11.4. The number of anilines is 1. The fourth-order valence-corrected chi connectivity index (χ4v) is 2.27. The molecule has 140 valence electrons. The summed E-state index contributed by atoms with van der Waals surface area (Å²) in [5.74, 6) is -0.265. The molecule has 0 heterocycles. The van der Waals surface area contributed by atoms with Crippen LogP contribution in [0.3, 0.4) is 0 Å². The highest BCUT2D eigenvalue weighted by Gasteiger charge is 2.13. The standard InChI is InChI=1S/C20H25N3O2.ClH/c1-14(2)19(24)23-17-10-8-16(9-11-17)13-22-20(25)18(21)12-15-6-4-3-5-7-15;/h3-11,14,18H,12-13,21H2,1-2H3,(H,22,25)(H,23,24);1H/t18-;/m0./s1. The number of nitrogens with one attached hydrogen (secondary N) is 2. The van der Waals surface area contributed by atoms with E-state index in [0.717, 1.165) is 16.8 Å². The molecular formula is C20H26ClN3O2. The Labute approximate surface area is 160 Å². The van der Waals surface area contributed by atoms with Gasteiger partial charge in [-0.05, 0) is 29.7 Å². The molecule has 0 aromatic heterocycles. The summed E-state index contributed by atoms with van der Waals surface area (Å²) in [6.45, 7) is 4.09. The molecule has 2 amide bonds. The van der Waals surface area contributed by atoms with Crippen molar-refractivity contribution in [1.82, 2.24) is 5.32 Å². The van der Waals surface area contributed by atoms with Crippen LogP contribution >= 0.6 is 12.4 Å². The van der Waals surface area contributed by atoms with Crippen LogP contribution in [0.1, 0.15) is 25.0 Å². The van der Waals surface area contributed by atoms with Gasteiger partial charge in [-0.3, -0.25) is 9.59 Å². The molecule has 0 aliphatic heterocycles. The van der Waals surface area contributed by atoms with Crippen molar-refractivity contribution in [3.8, 4) is 0 Å². The molecule has 1 atom stereocenters. The lowest BCUT2D eigenvalue weighted by atomic mass is 10.1. The van der Waals surface area contributed by atoms with Crippen molar-refractivity contribution >= 4 is 29.9 Å². The highest BCUT2D eigenvalue weighted by Crippen LogP contribution is 2.11. The number of carbonyl (C=O) groups is 2. The van der Waals surface area contributed by atoms with E-state index in [9.17, 15) is 9.59 Å². The van der Waals surface area contributed by atoms with Crippen molar-refractivity contribution < 1.29 is 9.59 Å². The van der Waals surface area contributed by atoms with Crippen LogP contribution in [-0.2, 0) is 22.6 Å². The first-order valence-electron chi connectivity index (χ1n) is 8.42. The zero-order valence-electron chi connectivity index (χ0n) is 15.1. The summed E-state index contributed by atoms with van der Waals surface area (Å²) in [5.41, 5.74) is 8.69. The summed E-state index contributed by atoms with van der Waals surface area (Å²) in [5, 5.41) is 5.68. The maximum absolute atomic E-state index is 12.1. The Morgan fingerprint density at radius 2 is 1.54 bits per heavy atom. The van der Waals surface area contributed by atoms with Crippen LogP contribution in [0.25, 0.3) is 0 Å². The first-order valence-corrected chi connectivity index (χ1v) is 8.42. The van der Waals surface area contributed by atoms with Crippen LogP contribution in [0.5, 0.6) is 0 Å². The maximum atomic E-state index is 12.1. The summed E-state index contributed by atoms with van der Waals surface area (Å²) >= 11 is 0. The zero-order valence-corrected chi connectivity index (χ0v) is 15.9. The molecule has 26 heavy (non-hydrogen) atoms. The monoisotopic (exact) mass is 375 g/mol. The first-order chi connectivity index (χ1) is 12.0. The molecule has 0 radical (unpaired) electrons. The molecule has 4 N–H and O–H groups in total. The summed E-state index contributed by atoms with van der Waals surface area (Å²) in [6, 6.07) is 16.5. The quantitative estimate of drug-likeness (QED) is 0.695. The van der Waals surface area contributed by atoms with Crippen molar-refractivity contribution in [1.29, 1.82) is 0 Å². The van der Waals surface area contributed by atoms with Gasteiger partial charge in [-0.2, -0.15) is 0 Å². The molecule has 2 aromatic carbocycles. The van der Waals surface area contributed by atoms with E-state index in [-0.39, 0.29) is 30.1 Å². The second kappa shape index (κ2) is 10.6. The molecule has 0 fully saturated rings. The van der Waals surface area contributed by atoms with Crippen LogP contribution in [0.2, 0.25) is 0 Å². The lowest BCUT2D eigenvalue weighted by molar-refractivity contribution is -0.122. The van der Waals surface area contributed by atoms with Crippen LogP contribution in [0, 0.1) is 5.92 Å². The van der Waals surface area contributed by atoms with Gasteiger partial charge in [0.1, 0.15) is 0 Å². The Hall–Kier alpha value is -2.37. The summed E-state index contributed by atoms with van der Waals surface area (Å²) < 4.78 is 0. The van der Waals surface area contributed by atoms with Gasteiger partial charge in [0, 0.05) is 18.2 Å². The number of hydrogen-bond acceptors (Lipinski definition) is 3. The van der Waals surface area contributed by atoms with E-state index in [0.29, 0.717) is 13.0 Å². The Morgan fingerprint density at radius 3 is 2.12 bits per heavy atom. The van der Waals surface area contributed by atoms with E-state index in [4.69, 9.17) is 5.73 Å². The molecule has 0 aliphatic carbocycles. The summed E-state index contributed by atoms with van der Waals surface area (Å²) in [7, 11) is 0. The molecule has 6 heteroatoms. The van der Waals surface area contributed by atoms with Crippen LogP contribution in [0.15, 0.2) is 54.6 Å². The molecule has 0 aliphatic rings. The van der Waals surface area contributed by atoms with Gasteiger partial charge >= 0.3 is 0 Å². The number of amides is 2. The summed E-state index contributed by atoms with van der Waals surface area (Å²) in [6.07, 6.45) is 0.507. The topological polar surface area (TPSA) is 84.2 Å². The van der Waals surface area contributed by atoms with Crippen molar-refractivity contribution in [3.63, 3.8) is 0 Å². The number of carbonyl (C=O) groups excluding carboxylic acids is 2. The van der Waals surface area contributed by atoms with Crippen molar-refractivity contribution in [2.45, 2.75) is 32.9 Å². The molecule has 2 aromatic rings. The minimum absolute atomic E-state index is 0. The first kappa shape index (κ1) is 21.7. The van der Waals surface area contributed by atoms with E-state index in [1.165, 1.54) is 0 Å². The molecule has 0 saturated heterocycles. The Bertz CT molecular complexity index is 703. The second-order valence-corrected chi connectivity index (χ2v) is 6.35. The minimum atomic E-state index is -0.577. The molecular weight excluding hydrogens is 350 g/mol. The van der Waals surface area contributed by atoms with Gasteiger partial charge in [0.15, 0.2) is 0 Å². The summed E-state index contributed by atoms with van der Waals surface area (Å²) in [4.78, 5) is 23.8. The average Bonchev–Trinajstić information content (AvgIpc) is 2.61. The van der Waals surface area contributed by atoms with Crippen LogP contribution < -0.4 is 16.4 Å². The van der Waals surface area contributed by atoms with Crippen LogP contribution in [-0.4, -0.2) is 17.9 Å². The molecule has 0 unspecified atom stereocenters. The fraction of sp³-hybridized carbons (Fsp3) is 0.300. The number of hydrogen-bond donors (Lipinski definition) is 3. The lowest BCUT2D eigenvalue weighted by Crippen LogP contribution is -2.41. The van der Waals surface area contributed by atoms with Gasteiger partial charge in [0.05, 0.1) is 6.04 Å². The third-order valence-corrected chi connectivity index (χ3v) is 3.85. The molecule has 0 bridgehead atoms.